The van der Waals surface area contributed by atoms with Gasteiger partial charge in [0.2, 0.25) is 0 Å². The van der Waals surface area contributed by atoms with Crippen LogP contribution in [0.5, 0.6) is 0 Å². The van der Waals surface area contributed by atoms with Gasteiger partial charge >= 0.3 is 0 Å². The minimum Gasteiger partial charge on any atom is -0.432 e. The van der Waals surface area contributed by atoms with Gasteiger partial charge in [0, 0.05) is 36.8 Å². The second-order valence-corrected chi connectivity index (χ2v) is 18.0. The maximum absolute atomic E-state index is 13.8. The van der Waals surface area contributed by atoms with E-state index in [1.807, 2.05) is 37.5 Å². The minimum absolute atomic E-state index is 0.107. The zero-order valence-corrected chi connectivity index (χ0v) is 27.5. The van der Waals surface area contributed by atoms with Crippen LogP contribution < -0.4 is 5.56 Å². The summed E-state index contributed by atoms with van der Waals surface area (Å²) in [5, 5.41) is 8.60. The Morgan fingerprint density at radius 2 is 1.76 bits per heavy atom. The van der Waals surface area contributed by atoms with Crippen LogP contribution in [0.25, 0.3) is 32.8 Å². The Bertz CT molecular complexity index is 1830. The fourth-order valence-electron chi connectivity index (χ4n) is 5.57. The second-order valence-electron chi connectivity index (χ2n) is 13.1. The molecule has 220 valence electrons. The summed E-state index contributed by atoms with van der Waals surface area (Å²) in [7, 11) is -0.586. The number of aromatic nitrogens is 4. The number of pyridine rings is 1. The number of hydrogen-bond acceptors (Lipinski definition) is 4. The molecule has 0 saturated carbocycles. The van der Waals surface area contributed by atoms with E-state index in [0.717, 1.165) is 57.9 Å². The third-order valence-corrected chi connectivity index (χ3v) is 12.7. The minimum atomic E-state index is -2.32. The summed E-state index contributed by atoms with van der Waals surface area (Å²) in [6.07, 6.45) is 6.44. The number of aryl methyl sites for hydroxylation is 2. The quantitative estimate of drug-likeness (QED) is 0.139. The van der Waals surface area contributed by atoms with Crippen molar-refractivity contribution in [2.45, 2.75) is 71.6 Å². The van der Waals surface area contributed by atoms with Gasteiger partial charge in [-0.3, -0.25) is 4.79 Å². The lowest BCUT2D eigenvalue weighted by atomic mass is 9.98. The van der Waals surface area contributed by atoms with E-state index in [2.05, 4.69) is 73.8 Å². The molecule has 3 aromatic heterocycles. The number of nitrogens with zero attached hydrogens (tertiary/aromatic N) is 4. The lowest BCUT2D eigenvalue weighted by Gasteiger charge is -2.35. The first-order valence-electron chi connectivity index (χ1n) is 14.7. The van der Waals surface area contributed by atoms with E-state index < -0.39 is 8.32 Å². The van der Waals surface area contributed by atoms with Crippen LogP contribution in [0, 0.1) is 5.92 Å². The summed E-state index contributed by atoms with van der Waals surface area (Å²) in [5.41, 5.74) is 4.91. The van der Waals surface area contributed by atoms with E-state index in [-0.39, 0.29) is 10.6 Å². The molecule has 6 nitrogen and oxygen atoms in total. The van der Waals surface area contributed by atoms with Gasteiger partial charge in [-0.25, -0.2) is 9.67 Å². The van der Waals surface area contributed by atoms with Gasteiger partial charge in [0.05, 0.1) is 16.8 Å². The van der Waals surface area contributed by atoms with Crippen LogP contribution in [0.15, 0.2) is 65.7 Å². The van der Waals surface area contributed by atoms with E-state index >= 15 is 0 Å². The monoisotopic (exact) mass is 600 g/mol. The third-order valence-electron chi connectivity index (χ3n) is 8.83. The fraction of sp³-hybridized carbons (Fsp3) is 0.382. The molecule has 0 amide bonds. The molecule has 0 aliphatic rings. The molecule has 0 aliphatic heterocycles. The van der Waals surface area contributed by atoms with Crippen LogP contribution in [-0.2, 0) is 26.4 Å². The Morgan fingerprint density at radius 3 is 2.45 bits per heavy atom. The van der Waals surface area contributed by atoms with Crippen LogP contribution in [0.1, 0.15) is 50.9 Å². The standard InChI is InChI=1S/C34H41ClN4O2Si/c1-22(2)17-29-28-21-39(20-25-19-36-32(35)27-14-9-8-13-26(25)27)31(30(28)33(40)38(5)37-29)24-12-10-11-23(18-24)15-16-34(3,4)42(6,7)41/h8-14,18-19,21-22,41H,15-17,20H2,1-7H3. The van der Waals surface area contributed by atoms with Crippen molar-refractivity contribution in [3.8, 4) is 11.3 Å². The molecule has 0 unspecified atom stereocenters. The van der Waals surface area contributed by atoms with Gasteiger partial charge in [-0.1, -0.05) is 81.8 Å². The normalized spacial score (nSPS) is 12.6. The largest absolute Gasteiger partial charge is 0.432 e. The van der Waals surface area contributed by atoms with Crippen molar-refractivity contribution >= 4 is 41.5 Å². The highest BCUT2D eigenvalue weighted by atomic mass is 35.5. The third kappa shape index (κ3) is 5.83. The van der Waals surface area contributed by atoms with Gasteiger partial charge in [0.15, 0.2) is 8.32 Å². The molecular formula is C34H41ClN4O2Si. The molecule has 0 atom stereocenters. The summed E-state index contributed by atoms with van der Waals surface area (Å²) in [4.78, 5) is 29.1. The molecule has 0 aliphatic carbocycles. The number of fused-ring (bicyclic) bond motifs is 2. The van der Waals surface area contributed by atoms with Crippen molar-refractivity contribution in [1.82, 2.24) is 19.3 Å². The Labute approximate surface area is 254 Å². The first-order chi connectivity index (χ1) is 19.8. The molecule has 42 heavy (non-hydrogen) atoms. The lowest BCUT2D eigenvalue weighted by molar-refractivity contribution is 0.451. The van der Waals surface area contributed by atoms with Crippen LogP contribution in [0.4, 0.5) is 0 Å². The molecule has 5 aromatic rings. The second kappa shape index (κ2) is 11.4. The van der Waals surface area contributed by atoms with Gasteiger partial charge in [-0.15, -0.1) is 0 Å². The SMILES string of the molecule is CC(C)Cc1nn(C)c(=O)c2c(-c3cccc(CCC(C)(C)[Si](C)(C)O)c3)n(Cc3cnc(Cl)c4ccccc34)cc12. The smallest absolute Gasteiger partial charge is 0.276 e. The summed E-state index contributed by atoms with van der Waals surface area (Å²) in [6, 6.07) is 16.5. The van der Waals surface area contributed by atoms with E-state index in [1.165, 1.54) is 10.2 Å². The van der Waals surface area contributed by atoms with Gasteiger partial charge in [0.25, 0.3) is 5.56 Å². The number of hydrogen-bond donors (Lipinski definition) is 1. The molecule has 8 heteroatoms. The molecule has 3 heterocycles. The Kier molecular flexibility index (Phi) is 8.22. The van der Waals surface area contributed by atoms with Crippen LogP contribution in [0.3, 0.4) is 0 Å². The van der Waals surface area contributed by atoms with Gasteiger partial charge in [0.1, 0.15) is 5.15 Å². The van der Waals surface area contributed by atoms with Crippen molar-refractivity contribution in [2.75, 3.05) is 0 Å². The molecule has 0 radical (unpaired) electrons. The predicted molar refractivity (Wildman–Crippen MR) is 177 cm³/mol. The summed E-state index contributed by atoms with van der Waals surface area (Å²) >= 11 is 6.45. The number of benzene rings is 2. The fourth-order valence-corrected chi connectivity index (χ4v) is 6.52. The molecule has 0 fully saturated rings. The van der Waals surface area contributed by atoms with E-state index in [9.17, 15) is 9.59 Å². The molecule has 2 aromatic carbocycles. The summed E-state index contributed by atoms with van der Waals surface area (Å²) in [5.74, 6) is 0.389. The van der Waals surface area contributed by atoms with Crippen LogP contribution in [0.2, 0.25) is 23.3 Å². The maximum Gasteiger partial charge on any atom is 0.276 e. The topological polar surface area (TPSA) is 72.9 Å². The zero-order chi connectivity index (χ0) is 30.4. The van der Waals surface area contributed by atoms with Gasteiger partial charge < -0.3 is 9.36 Å². The van der Waals surface area contributed by atoms with Gasteiger partial charge in [-0.05, 0) is 71.5 Å². The number of halogens is 1. The average Bonchev–Trinajstić information content (AvgIpc) is 3.31. The Morgan fingerprint density at radius 1 is 1.05 bits per heavy atom. The summed E-state index contributed by atoms with van der Waals surface area (Å²) < 4.78 is 3.66. The molecule has 0 bridgehead atoms. The molecular weight excluding hydrogens is 560 g/mol. The van der Waals surface area contributed by atoms with Crippen LogP contribution in [-0.4, -0.2) is 32.4 Å². The van der Waals surface area contributed by atoms with E-state index in [4.69, 9.17) is 16.7 Å². The summed E-state index contributed by atoms with van der Waals surface area (Å²) in [6.45, 7) is 13.2. The average molecular weight is 601 g/mol. The molecule has 5 rings (SSSR count). The van der Waals surface area contributed by atoms with Crippen molar-refractivity contribution in [1.29, 1.82) is 0 Å². The van der Waals surface area contributed by atoms with Crippen molar-refractivity contribution < 1.29 is 4.80 Å². The Hall–Kier alpha value is -3.26. The maximum atomic E-state index is 13.8. The first-order valence-corrected chi connectivity index (χ1v) is 18.0. The highest BCUT2D eigenvalue weighted by Crippen LogP contribution is 2.40. The number of rotatable bonds is 9. The van der Waals surface area contributed by atoms with Crippen molar-refractivity contribution in [3.63, 3.8) is 0 Å². The van der Waals surface area contributed by atoms with E-state index in [1.54, 1.807) is 7.05 Å². The van der Waals surface area contributed by atoms with Crippen molar-refractivity contribution in [2.24, 2.45) is 13.0 Å². The highest BCUT2D eigenvalue weighted by molar-refractivity contribution is 6.72. The van der Waals surface area contributed by atoms with Gasteiger partial charge in [-0.2, -0.15) is 5.10 Å². The predicted octanol–water partition coefficient (Wildman–Crippen LogP) is 7.76. The van der Waals surface area contributed by atoms with Crippen molar-refractivity contribution in [3.05, 3.63) is 93.3 Å². The molecule has 0 spiro atoms. The zero-order valence-electron chi connectivity index (χ0n) is 25.7. The molecule has 1 N–H and O–H groups in total. The highest BCUT2D eigenvalue weighted by Gasteiger charge is 2.37. The lowest BCUT2D eigenvalue weighted by Crippen LogP contribution is -2.39. The van der Waals surface area contributed by atoms with E-state index in [0.29, 0.717) is 23.0 Å². The molecule has 0 saturated heterocycles. The first kappa shape index (κ1) is 30.2. The van der Waals surface area contributed by atoms with Crippen LogP contribution >= 0.6 is 11.6 Å². The Balaban J connectivity index is 1.70.